The zero-order valence-electron chi connectivity index (χ0n) is 11.1. The summed E-state index contributed by atoms with van der Waals surface area (Å²) in [5, 5.41) is 31.2. The van der Waals surface area contributed by atoms with E-state index >= 15 is 0 Å². The van der Waals surface area contributed by atoms with Gasteiger partial charge in [0.1, 0.15) is 11.9 Å². The first-order valence-electron chi connectivity index (χ1n) is 6.07. The van der Waals surface area contributed by atoms with Crippen molar-refractivity contribution in [2.45, 2.75) is 37.3 Å². The van der Waals surface area contributed by atoms with Gasteiger partial charge in [-0.1, -0.05) is 11.6 Å². The molecule has 2 rings (SSSR count). The quantitative estimate of drug-likeness (QED) is 0.507. The van der Waals surface area contributed by atoms with Crippen molar-refractivity contribution >= 4 is 17.4 Å². The lowest BCUT2D eigenvalue weighted by Crippen LogP contribution is -2.51. The van der Waals surface area contributed by atoms with Crippen LogP contribution in [0.25, 0.3) is 0 Å². The highest BCUT2D eigenvalue weighted by Crippen LogP contribution is 2.34. The molecule has 0 bridgehead atoms. The van der Waals surface area contributed by atoms with Crippen molar-refractivity contribution in [3.63, 3.8) is 0 Å². The Morgan fingerprint density at radius 3 is 2.64 bits per heavy atom. The average molecular weight is 344 g/mol. The number of hydrogen-bond donors (Lipinski definition) is 5. The molecule has 11 heteroatoms. The summed E-state index contributed by atoms with van der Waals surface area (Å²) in [6.07, 6.45) is -6.80. The van der Waals surface area contributed by atoms with E-state index in [4.69, 9.17) is 16.4 Å². The second-order valence-corrected chi connectivity index (χ2v) is 5.21. The molecule has 0 spiro atoms. The van der Waals surface area contributed by atoms with Gasteiger partial charge in [-0.05, 0) is 13.0 Å². The predicted molar refractivity (Wildman–Crippen MR) is 68.5 cm³/mol. The van der Waals surface area contributed by atoms with Gasteiger partial charge >= 0.3 is 6.18 Å². The third-order valence-electron chi connectivity index (χ3n) is 3.08. The van der Waals surface area contributed by atoms with Crippen molar-refractivity contribution in [3.8, 4) is 0 Å². The molecule has 0 aliphatic carbocycles. The molecule has 4 atom stereocenters. The van der Waals surface area contributed by atoms with E-state index in [2.05, 4.69) is 15.8 Å². The minimum Gasteiger partial charge on any atom is -0.392 e. The van der Waals surface area contributed by atoms with Gasteiger partial charge in [-0.3, -0.25) is 0 Å². The van der Waals surface area contributed by atoms with Gasteiger partial charge in [0.2, 0.25) is 0 Å². The minimum atomic E-state index is -4.62. The van der Waals surface area contributed by atoms with Crippen LogP contribution in [0.5, 0.6) is 0 Å². The molecule has 2 heterocycles. The van der Waals surface area contributed by atoms with Crippen molar-refractivity contribution in [1.29, 1.82) is 0 Å². The largest absolute Gasteiger partial charge is 0.417 e. The van der Waals surface area contributed by atoms with Crippen LogP contribution in [0.3, 0.4) is 0 Å². The number of pyridine rings is 1. The summed E-state index contributed by atoms with van der Waals surface area (Å²) in [5.41, 5.74) is 1.14. The van der Waals surface area contributed by atoms with Gasteiger partial charge in [0.25, 0.3) is 5.91 Å². The zero-order chi connectivity index (χ0) is 16.7. The van der Waals surface area contributed by atoms with Crippen molar-refractivity contribution in [1.82, 2.24) is 10.5 Å². The SMILES string of the molecule is C[C@H](O)[C@@H]1NO[C@](O)(Nc2ncc(C(F)(F)F)cc2Cl)[C@H]1O. The van der Waals surface area contributed by atoms with Crippen LogP contribution in [0.15, 0.2) is 12.3 Å². The van der Waals surface area contributed by atoms with Crippen LogP contribution in [-0.4, -0.2) is 44.5 Å². The van der Waals surface area contributed by atoms with Gasteiger partial charge in [-0.25, -0.2) is 9.82 Å². The first-order valence-corrected chi connectivity index (χ1v) is 6.45. The molecule has 1 aliphatic rings. The minimum absolute atomic E-state index is 0.329. The number of halogens is 4. The number of aliphatic hydroxyl groups is 3. The molecule has 1 aromatic heterocycles. The van der Waals surface area contributed by atoms with E-state index in [1.165, 1.54) is 6.92 Å². The van der Waals surface area contributed by atoms with Gasteiger partial charge in [-0.2, -0.15) is 18.7 Å². The Balaban J connectivity index is 2.21. The fourth-order valence-electron chi connectivity index (χ4n) is 1.84. The summed E-state index contributed by atoms with van der Waals surface area (Å²) in [6, 6.07) is -0.410. The molecule has 7 nitrogen and oxygen atoms in total. The van der Waals surface area contributed by atoms with Crippen LogP contribution in [0.4, 0.5) is 19.0 Å². The Bertz CT molecular complexity index is 560. The number of hydroxylamine groups is 1. The Kier molecular flexibility index (Phi) is 4.53. The van der Waals surface area contributed by atoms with Crippen molar-refractivity contribution < 1.29 is 33.3 Å². The number of rotatable bonds is 3. The topological polar surface area (TPSA) is 107 Å². The van der Waals surface area contributed by atoms with Crippen LogP contribution in [0.2, 0.25) is 5.02 Å². The molecule has 0 unspecified atom stereocenters. The number of hydrogen-bond acceptors (Lipinski definition) is 7. The molecule has 1 aromatic rings. The van der Waals surface area contributed by atoms with E-state index in [1.54, 1.807) is 0 Å². The summed E-state index contributed by atoms with van der Waals surface area (Å²) in [7, 11) is 0. The molecule has 0 amide bonds. The third kappa shape index (κ3) is 3.26. The zero-order valence-corrected chi connectivity index (χ0v) is 11.9. The summed E-state index contributed by atoms with van der Waals surface area (Å²) < 4.78 is 37.5. The normalized spacial score (nSPS) is 30.4. The number of anilines is 1. The first-order chi connectivity index (χ1) is 10.0. The lowest BCUT2D eigenvalue weighted by atomic mass is 10.1. The number of alkyl halides is 3. The highest BCUT2D eigenvalue weighted by molar-refractivity contribution is 6.33. The lowest BCUT2D eigenvalue weighted by Gasteiger charge is -2.27. The van der Waals surface area contributed by atoms with E-state index in [9.17, 15) is 28.5 Å². The summed E-state index contributed by atoms with van der Waals surface area (Å²) in [5.74, 6) is -2.75. The predicted octanol–water partition coefficient (Wildman–Crippen LogP) is 0.457. The van der Waals surface area contributed by atoms with Crippen LogP contribution < -0.4 is 10.8 Å². The van der Waals surface area contributed by atoms with Crippen LogP contribution in [-0.2, 0) is 11.0 Å². The Labute approximate surface area is 127 Å². The van der Waals surface area contributed by atoms with Gasteiger partial charge in [0.15, 0.2) is 0 Å². The Hall–Kier alpha value is -1.17. The van der Waals surface area contributed by atoms with E-state index in [0.29, 0.717) is 12.3 Å². The van der Waals surface area contributed by atoms with Gasteiger partial charge < -0.3 is 20.6 Å². The van der Waals surface area contributed by atoms with Crippen LogP contribution >= 0.6 is 11.6 Å². The summed E-state index contributed by atoms with van der Waals surface area (Å²) >= 11 is 5.68. The first kappa shape index (κ1) is 17.2. The van der Waals surface area contributed by atoms with E-state index < -0.39 is 40.9 Å². The second-order valence-electron chi connectivity index (χ2n) is 4.80. The van der Waals surface area contributed by atoms with Gasteiger partial charge in [0, 0.05) is 6.20 Å². The molecule has 22 heavy (non-hydrogen) atoms. The number of aromatic nitrogens is 1. The van der Waals surface area contributed by atoms with Crippen LogP contribution in [0, 0.1) is 0 Å². The Morgan fingerprint density at radius 1 is 1.55 bits per heavy atom. The smallest absolute Gasteiger partial charge is 0.392 e. The average Bonchev–Trinajstić information content (AvgIpc) is 2.67. The van der Waals surface area contributed by atoms with E-state index in [-0.39, 0.29) is 5.82 Å². The molecule has 1 saturated heterocycles. The maximum atomic E-state index is 12.5. The summed E-state index contributed by atoms with van der Waals surface area (Å²) in [4.78, 5) is 8.20. The number of nitrogens with one attached hydrogen (secondary N) is 2. The number of nitrogens with zero attached hydrogens (tertiary/aromatic N) is 1. The van der Waals surface area contributed by atoms with Gasteiger partial charge in [-0.15, -0.1) is 0 Å². The highest BCUT2D eigenvalue weighted by Gasteiger charge is 2.51. The molecule has 0 saturated carbocycles. The van der Waals surface area contributed by atoms with Gasteiger partial charge in [0.05, 0.1) is 22.7 Å². The summed E-state index contributed by atoms with van der Waals surface area (Å²) in [6.45, 7) is 1.35. The maximum Gasteiger partial charge on any atom is 0.417 e. The molecular weight excluding hydrogens is 331 g/mol. The van der Waals surface area contributed by atoms with Crippen LogP contribution in [0.1, 0.15) is 12.5 Å². The molecular formula is C11H13ClF3N3O4. The molecule has 0 aromatic carbocycles. The van der Waals surface area contributed by atoms with E-state index in [1.807, 2.05) is 0 Å². The second kappa shape index (κ2) is 5.80. The van der Waals surface area contributed by atoms with Crippen molar-refractivity contribution in [2.24, 2.45) is 0 Å². The lowest BCUT2D eigenvalue weighted by molar-refractivity contribution is -0.213. The van der Waals surface area contributed by atoms with E-state index in [0.717, 1.165) is 0 Å². The Morgan fingerprint density at radius 2 is 2.18 bits per heavy atom. The fourth-order valence-corrected chi connectivity index (χ4v) is 2.06. The molecule has 0 radical (unpaired) electrons. The molecule has 5 N–H and O–H groups in total. The fraction of sp³-hybridized carbons (Fsp3) is 0.545. The third-order valence-corrected chi connectivity index (χ3v) is 3.37. The maximum absolute atomic E-state index is 12.5. The van der Waals surface area contributed by atoms with Crippen molar-refractivity contribution in [3.05, 3.63) is 22.8 Å². The molecule has 124 valence electrons. The van der Waals surface area contributed by atoms with Crippen molar-refractivity contribution in [2.75, 3.05) is 5.32 Å². The molecule has 1 aliphatic heterocycles. The monoisotopic (exact) mass is 343 g/mol. The number of aliphatic hydroxyl groups excluding tert-OH is 2. The molecule has 1 fully saturated rings. The standard InChI is InChI=1S/C11H13ClF3N3O4/c1-4(19)7-8(20)11(21,22-18-7)17-9-6(12)2-5(3-16-9)10(13,14)15/h2-4,7-8,18-21H,1H3,(H,16,17)/t4-,7-,8-,11-/m0/s1. The highest BCUT2D eigenvalue weighted by atomic mass is 35.5.